The summed E-state index contributed by atoms with van der Waals surface area (Å²) in [5, 5.41) is 31.3. The summed E-state index contributed by atoms with van der Waals surface area (Å²) in [6.45, 7) is 3.77. The van der Waals surface area contributed by atoms with Crippen LogP contribution in [0.25, 0.3) is 0 Å². The third-order valence-corrected chi connectivity index (χ3v) is 3.30. The van der Waals surface area contributed by atoms with Gasteiger partial charge in [0.05, 0.1) is 13.2 Å². The van der Waals surface area contributed by atoms with Crippen LogP contribution in [-0.2, 0) is 21.0 Å². The molecule has 0 aliphatic rings. The molecule has 1 aromatic carbocycles. The summed E-state index contributed by atoms with van der Waals surface area (Å²) in [5.41, 5.74) is 0.754. The molecule has 1 rings (SSSR count). The second-order valence-electron chi connectivity index (χ2n) is 6.16. The van der Waals surface area contributed by atoms with Crippen molar-refractivity contribution in [2.75, 3.05) is 26.4 Å². The van der Waals surface area contributed by atoms with Crippen LogP contribution in [0.2, 0.25) is 0 Å². The van der Waals surface area contributed by atoms with Crippen LogP contribution in [0.3, 0.4) is 0 Å². The highest BCUT2D eigenvalue weighted by molar-refractivity contribution is 5.26. The number of nitrogens with one attached hydrogen (secondary N) is 1. The zero-order chi connectivity index (χ0) is 20.9. The van der Waals surface area contributed by atoms with E-state index in [1.54, 1.807) is 24.3 Å². The number of aliphatic hydroxyl groups excluding tert-OH is 1. The highest BCUT2D eigenvalue weighted by atomic mass is 17.0. The summed E-state index contributed by atoms with van der Waals surface area (Å²) in [6, 6.07) is 7.12. The zero-order valence-corrected chi connectivity index (χ0v) is 15.7. The maximum Gasteiger partial charge on any atom is 0.294 e. The molecule has 12 heteroatoms. The van der Waals surface area contributed by atoms with Gasteiger partial charge in [-0.15, -0.1) is 20.2 Å². The molecule has 2 atom stereocenters. The molecule has 0 heterocycles. The first kappa shape index (κ1) is 23.3. The highest BCUT2D eigenvalue weighted by Gasteiger charge is 2.16. The van der Waals surface area contributed by atoms with E-state index in [-0.39, 0.29) is 25.9 Å². The van der Waals surface area contributed by atoms with Gasteiger partial charge in [-0.2, -0.15) is 0 Å². The molecular weight excluding hydrogens is 378 g/mol. The second kappa shape index (κ2) is 12.6. The van der Waals surface area contributed by atoms with E-state index in [1.165, 1.54) is 0 Å². The minimum atomic E-state index is -1.22. The molecule has 0 aromatic heterocycles. The maximum absolute atomic E-state index is 10.4. The van der Waals surface area contributed by atoms with E-state index in [0.717, 1.165) is 5.56 Å². The highest BCUT2D eigenvalue weighted by Crippen LogP contribution is 2.13. The van der Waals surface area contributed by atoms with Crippen LogP contribution in [0, 0.1) is 20.2 Å². The summed E-state index contributed by atoms with van der Waals surface area (Å²) in [5.74, 6) is 0.571. The Labute approximate surface area is 161 Å². The Morgan fingerprint density at radius 3 is 2.32 bits per heavy atom. The van der Waals surface area contributed by atoms with E-state index in [0.29, 0.717) is 12.3 Å². The number of nitrogens with zero attached hydrogens (tertiary/aromatic N) is 2. The summed E-state index contributed by atoms with van der Waals surface area (Å²) < 4.78 is 10.8. The summed E-state index contributed by atoms with van der Waals surface area (Å²) in [7, 11) is 0. The topological polar surface area (TPSA) is 155 Å². The van der Waals surface area contributed by atoms with Gasteiger partial charge in [-0.1, -0.05) is 26.0 Å². The van der Waals surface area contributed by atoms with E-state index in [2.05, 4.69) is 15.0 Å². The van der Waals surface area contributed by atoms with Crippen LogP contribution in [-0.4, -0.2) is 59.9 Å². The molecule has 1 aromatic rings. The lowest BCUT2D eigenvalue weighted by molar-refractivity contribution is -0.790. The van der Waals surface area contributed by atoms with Crippen molar-refractivity contribution in [1.82, 2.24) is 5.32 Å². The third kappa shape index (κ3) is 11.1. The fraction of sp³-hybridized carbons (Fsp3) is 0.625. The largest absolute Gasteiger partial charge is 0.491 e. The van der Waals surface area contributed by atoms with Crippen molar-refractivity contribution in [3.63, 3.8) is 0 Å². The lowest BCUT2D eigenvalue weighted by Gasteiger charge is -2.15. The van der Waals surface area contributed by atoms with Crippen molar-refractivity contribution in [3.05, 3.63) is 50.1 Å². The van der Waals surface area contributed by atoms with Crippen LogP contribution in [0.4, 0.5) is 0 Å². The minimum absolute atomic E-state index is 0.108. The van der Waals surface area contributed by atoms with E-state index >= 15 is 0 Å². The first-order valence-electron chi connectivity index (χ1n) is 8.55. The van der Waals surface area contributed by atoms with Gasteiger partial charge in [0.1, 0.15) is 25.1 Å². The third-order valence-electron chi connectivity index (χ3n) is 3.30. The Kier molecular flexibility index (Phi) is 10.5. The van der Waals surface area contributed by atoms with Crippen LogP contribution < -0.4 is 10.1 Å². The number of rotatable bonds is 15. The SMILES string of the molecule is CC(C)NC[C@H](O)COc1ccc(COC[C@H](CO[N+](=O)[O-])O[N+](=O)[O-])cc1. The lowest BCUT2D eigenvalue weighted by Crippen LogP contribution is -2.35. The smallest absolute Gasteiger partial charge is 0.294 e. The minimum Gasteiger partial charge on any atom is -0.491 e. The first-order chi connectivity index (χ1) is 13.3. The van der Waals surface area contributed by atoms with Crippen molar-refractivity contribution >= 4 is 0 Å². The van der Waals surface area contributed by atoms with Gasteiger partial charge in [0.2, 0.25) is 0 Å². The molecule has 0 amide bonds. The molecule has 0 fully saturated rings. The molecule has 0 bridgehead atoms. The predicted octanol–water partition coefficient (Wildman–Crippen LogP) is 0.726. The first-order valence-corrected chi connectivity index (χ1v) is 8.55. The zero-order valence-electron chi connectivity index (χ0n) is 15.7. The van der Waals surface area contributed by atoms with E-state index in [1.807, 2.05) is 13.8 Å². The van der Waals surface area contributed by atoms with Crippen molar-refractivity contribution in [1.29, 1.82) is 0 Å². The Morgan fingerprint density at radius 2 is 1.75 bits per heavy atom. The van der Waals surface area contributed by atoms with Gasteiger partial charge in [-0.05, 0) is 17.7 Å². The second-order valence-corrected chi connectivity index (χ2v) is 6.16. The van der Waals surface area contributed by atoms with Gasteiger partial charge in [-0.25, -0.2) is 0 Å². The number of benzene rings is 1. The van der Waals surface area contributed by atoms with Gasteiger partial charge in [-0.3, -0.25) is 0 Å². The summed E-state index contributed by atoms with van der Waals surface area (Å²) in [6.07, 6.45) is -1.85. The Hall–Kier alpha value is -2.70. The molecule has 0 unspecified atom stereocenters. The van der Waals surface area contributed by atoms with E-state index in [4.69, 9.17) is 9.47 Å². The van der Waals surface area contributed by atoms with Crippen LogP contribution in [0.5, 0.6) is 5.75 Å². The number of hydrogen-bond donors (Lipinski definition) is 2. The standard InChI is InChI=1S/C16H25N3O9/c1-12(2)17-7-14(20)9-26-15-5-3-13(4-6-15)8-25-10-16(28-19(23)24)11-27-18(21)22/h3-6,12,14,16-17,20H,7-11H2,1-2H3/t14-,16+/m0/s1. The maximum atomic E-state index is 10.4. The van der Waals surface area contributed by atoms with Crippen LogP contribution in [0.15, 0.2) is 24.3 Å². The molecule has 0 spiro atoms. The molecule has 158 valence electrons. The number of ether oxygens (including phenoxy) is 2. The monoisotopic (exact) mass is 403 g/mol. The van der Waals surface area contributed by atoms with E-state index < -0.39 is 29.0 Å². The van der Waals surface area contributed by atoms with Crippen LogP contribution in [0.1, 0.15) is 19.4 Å². The predicted molar refractivity (Wildman–Crippen MR) is 95.6 cm³/mol. The molecule has 0 saturated heterocycles. The van der Waals surface area contributed by atoms with Gasteiger partial charge in [0.25, 0.3) is 10.2 Å². The quantitative estimate of drug-likeness (QED) is 0.316. The van der Waals surface area contributed by atoms with Crippen molar-refractivity contribution in [3.8, 4) is 5.75 Å². The lowest BCUT2D eigenvalue weighted by atomic mass is 10.2. The molecule has 0 radical (unpaired) electrons. The van der Waals surface area contributed by atoms with Gasteiger partial charge in [0.15, 0.2) is 6.10 Å². The molecular formula is C16H25N3O9. The van der Waals surface area contributed by atoms with Crippen molar-refractivity contribution in [2.45, 2.75) is 38.7 Å². The molecule has 0 aliphatic heterocycles. The van der Waals surface area contributed by atoms with Crippen LogP contribution >= 0.6 is 0 Å². The fourth-order valence-electron chi connectivity index (χ4n) is 1.99. The van der Waals surface area contributed by atoms with Gasteiger partial charge < -0.3 is 29.6 Å². The number of hydrogen-bond acceptors (Lipinski definition) is 10. The molecule has 0 aliphatic carbocycles. The summed E-state index contributed by atoms with van der Waals surface area (Å²) >= 11 is 0. The Balaban J connectivity index is 2.36. The molecule has 28 heavy (non-hydrogen) atoms. The van der Waals surface area contributed by atoms with Gasteiger partial charge >= 0.3 is 0 Å². The van der Waals surface area contributed by atoms with E-state index in [9.17, 15) is 25.3 Å². The van der Waals surface area contributed by atoms with Crippen molar-refractivity contribution < 1.29 is 34.4 Å². The fourth-order valence-corrected chi connectivity index (χ4v) is 1.99. The molecule has 12 nitrogen and oxygen atoms in total. The Bertz CT molecular complexity index is 598. The molecule has 0 saturated carbocycles. The average molecular weight is 403 g/mol. The Morgan fingerprint density at radius 1 is 1.07 bits per heavy atom. The van der Waals surface area contributed by atoms with Crippen molar-refractivity contribution in [2.24, 2.45) is 0 Å². The molecule has 2 N–H and O–H groups in total. The average Bonchev–Trinajstić information content (AvgIpc) is 2.63. The summed E-state index contributed by atoms with van der Waals surface area (Å²) in [4.78, 5) is 28.9. The van der Waals surface area contributed by atoms with Gasteiger partial charge in [0, 0.05) is 12.6 Å². The number of aliphatic hydroxyl groups is 1. The normalized spacial score (nSPS) is 13.0.